The van der Waals surface area contributed by atoms with Crippen molar-refractivity contribution in [2.24, 2.45) is 0 Å². The van der Waals surface area contributed by atoms with E-state index in [2.05, 4.69) is 11.9 Å². The summed E-state index contributed by atoms with van der Waals surface area (Å²) < 4.78 is 5.68. The van der Waals surface area contributed by atoms with Gasteiger partial charge in [0.05, 0.1) is 26.2 Å². The van der Waals surface area contributed by atoms with Crippen molar-refractivity contribution in [2.45, 2.75) is 20.3 Å². The average Bonchev–Trinajstić information content (AvgIpc) is 2.41. The standard InChI is InChI=1S/C15H25N3O3/c1-12(2)14(19)17-7-6-8-18(4,5)9-10-21-15(20)13(3)11-16/h1,6-10H2,2-5H3,(H,17,19). The van der Waals surface area contributed by atoms with Gasteiger partial charge < -0.3 is 19.9 Å². The Kier molecular flexibility index (Phi) is 8.28. The summed E-state index contributed by atoms with van der Waals surface area (Å²) in [6, 6.07) is 0. The second-order valence-corrected chi connectivity index (χ2v) is 5.65. The zero-order valence-electron chi connectivity index (χ0n) is 13.4. The van der Waals surface area contributed by atoms with E-state index in [4.69, 9.17) is 10.1 Å². The molecule has 118 valence electrons. The van der Waals surface area contributed by atoms with E-state index < -0.39 is 5.97 Å². The Morgan fingerprint density at radius 3 is 2.43 bits per heavy atom. The van der Waals surface area contributed by atoms with Crippen LogP contribution < -0.4 is 5.32 Å². The Balaban J connectivity index is 3.94. The van der Waals surface area contributed by atoms with Crippen molar-refractivity contribution in [1.29, 1.82) is 0 Å². The van der Waals surface area contributed by atoms with E-state index >= 15 is 0 Å². The number of amides is 1. The average molecular weight is 295 g/mol. The molecule has 6 heteroatoms. The number of carbonyl (C=O) groups excluding carboxylic acids is 2. The first-order valence-corrected chi connectivity index (χ1v) is 6.86. The van der Waals surface area contributed by atoms with Crippen LogP contribution in [-0.2, 0) is 14.3 Å². The number of nitrogens with one attached hydrogen (secondary N) is 1. The minimum Gasteiger partial charge on any atom is -0.763 e. The van der Waals surface area contributed by atoms with Gasteiger partial charge in [0.2, 0.25) is 5.91 Å². The smallest absolute Gasteiger partial charge is 0.339 e. The zero-order valence-corrected chi connectivity index (χ0v) is 13.4. The van der Waals surface area contributed by atoms with Gasteiger partial charge >= 0.3 is 5.97 Å². The molecular formula is C15H25N3O3. The maximum absolute atomic E-state index is 11.3. The summed E-state index contributed by atoms with van der Waals surface area (Å²) in [4.78, 5) is 22.6. The van der Waals surface area contributed by atoms with Crippen LogP contribution in [0.3, 0.4) is 0 Å². The molecule has 0 aliphatic rings. The molecule has 1 N–H and O–H groups in total. The monoisotopic (exact) mass is 295 g/mol. The predicted molar refractivity (Wildman–Crippen MR) is 82.8 cm³/mol. The van der Waals surface area contributed by atoms with Gasteiger partial charge in [-0.25, -0.2) is 4.79 Å². The highest BCUT2D eigenvalue weighted by atomic mass is 16.5. The first kappa shape index (κ1) is 19.1. The zero-order chi connectivity index (χ0) is 16.5. The van der Waals surface area contributed by atoms with Gasteiger partial charge in [-0.15, -0.1) is 0 Å². The van der Waals surface area contributed by atoms with Crippen LogP contribution in [0.25, 0.3) is 5.41 Å². The van der Waals surface area contributed by atoms with Gasteiger partial charge in [-0.3, -0.25) is 10.7 Å². The van der Waals surface area contributed by atoms with Gasteiger partial charge in [-0.1, -0.05) is 6.58 Å². The van der Waals surface area contributed by atoms with Gasteiger partial charge in [-0.2, -0.15) is 0 Å². The Bertz CT molecular complexity index is 449. The predicted octanol–water partition coefficient (Wildman–Crippen LogP) is 0.874. The lowest BCUT2D eigenvalue weighted by Gasteiger charge is -2.29. The van der Waals surface area contributed by atoms with Gasteiger partial charge in [0, 0.05) is 18.5 Å². The molecule has 0 spiro atoms. The molecule has 0 aliphatic carbocycles. The second-order valence-electron chi connectivity index (χ2n) is 5.65. The molecule has 0 saturated carbocycles. The van der Waals surface area contributed by atoms with E-state index in [-0.39, 0.29) is 18.1 Å². The fraction of sp³-hybridized carbons (Fsp3) is 0.600. The molecule has 6 nitrogen and oxygen atoms in total. The number of quaternary nitrogens is 1. The highest BCUT2D eigenvalue weighted by molar-refractivity contribution is 5.97. The van der Waals surface area contributed by atoms with Crippen molar-refractivity contribution in [1.82, 2.24) is 5.32 Å². The van der Waals surface area contributed by atoms with E-state index in [1.54, 1.807) is 12.8 Å². The SMILES string of the molecule is C=C(C)C(=O)NCCC[N+](C)(C)CCOC(=O)C(C)=C=[N-]. The van der Waals surface area contributed by atoms with Gasteiger partial charge in [0.25, 0.3) is 0 Å². The van der Waals surface area contributed by atoms with E-state index in [1.807, 2.05) is 14.1 Å². The fourth-order valence-corrected chi connectivity index (χ4v) is 1.51. The van der Waals surface area contributed by atoms with Crippen molar-refractivity contribution in [3.8, 4) is 0 Å². The molecule has 0 fully saturated rings. The number of rotatable bonds is 9. The van der Waals surface area contributed by atoms with Gasteiger partial charge in [0.1, 0.15) is 13.2 Å². The molecule has 0 heterocycles. The summed E-state index contributed by atoms with van der Waals surface area (Å²) in [7, 11) is 4.05. The molecule has 0 unspecified atom stereocenters. The number of carbonyl (C=O) groups is 2. The molecule has 0 radical (unpaired) electrons. The molecule has 0 bridgehead atoms. The van der Waals surface area contributed by atoms with Crippen LogP contribution in [0.4, 0.5) is 0 Å². The Morgan fingerprint density at radius 2 is 1.90 bits per heavy atom. The van der Waals surface area contributed by atoms with Crippen LogP contribution >= 0.6 is 0 Å². The van der Waals surface area contributed by atoms with Crippen molar-refractivity contribution >= 4 is 17.7 Å². The lowest BCUT2D eigenvalue weighted by molar-refractivity contribution is -0.890. The minimum atomic E-state index is -0.564. The molecule has 0 aromatic carbocycles. The Labute approximate surface area is 126 Å². The van der Waals surface area contributed by atoms with Crippen molar-refractivity contribution in [3.63, 3.8) is 0 Å². The summed E-state index contributed by atoms with van der Waals surface area (Å²) in [5.74, 6) is 1.07. The van der Waals surface area contributed by atoms with E-state index in [0.717, 1.165) is 13.0 Å². The third kappa shape index (κ3) is 8.78. The third-order valence-electron chi connectivity index (χ3n) is 3.02. The van der Waals surface area contributed by atoms with E-state index in [0.29, 0.717) is 23.1 Å². The molecule has 0 saturated heterocycles. The lowest BCUT2D eigenvalue weighted by Crippen LogP contribution is -2.44. The number of hydrogen-bond acceptors (Lipinski definition) is 3. The highest BCUT2D eigenvalue weighted by Gasteiger charge is 2.16. The van der Waals surface area contributed by atoms with Gasteiger partial charge in [-0.05, 0) is 13.8 Å². The van der Waals surface area contributed by atoms with E-state index in [1.165, 1.54) is 6.92 Å². The number of ether oxygens (including phenoxy) is 1. The Hall–Kier alpha value is -1.91. The van der Waals surface area contributed by atoms with Crippen LogP contribution in [-0.4, -0.2) is 62.6 Å². The van der Waals surface area contributed by atoms with Crippen LogP contribution in [0, 0.1) is 0 Å². The number of likely N-dealkylation sites (N-methyl/N-ethyl adjacent to an activating group) is 1. The summed E-state index contributed by atoms with van der Waals surface area (Å²) in [6.07, 6.45) is 0.823. The van der Waals surface area contributed by atoms with Crippen LogP contribution in [0.1, 0.15) is 20.3 Å². The molecular weight excluding hydrogens is 270 g/mol. The molecule has 0 aliphatic heterocycles. The highest BCUT2D eigenvalue weighted by Crippen LogP contribution is 2.00. The number of nitrogens with zero attached hydrogens (tertiary/aromatic N) is 2. The molecule has 0 aromatic heterocycles. The van der Waals surface area contributed by atoms with E-state index in [9.17, 15) is 9.59 Å². The third-order valence-corrected chi connectivity index (χ3v) is 3.02. The molecule has 0 rings (SSSR count). The summed E-state index contributed by atoms with van der Waals surface area (Å²) in [5.41, 5.74) is 0.558. The maximum Gasteiger partial charge on any atom is 0.339 e. The molecule has 21 heavy (non-hydrogen) atoms. The van der Waals surface area contributed by atoms with Crippen molar-refractivity contribution < 1.29 is 18.8 Å². The van der Waals surface area contributed by atoms with Crippen LogP contribution in [0.5, 0.6) is 0 Å². The topological polar surface area (TPSA) is 77.7 Å². The normalized spacial score (nSPS) is 10.5. The maximum atomic E-state index is 11.3. The van der Waals surface area contributed by atoms with Crippen LogP contribution in [0.15, 0.2) is 17.7 Å². The largest absolute Gasteiger partial charge is 0.763 e. The number of esters is 1. The quantitative estimate of drug-likeness (QED) is 0.225. The first-order valence-electron chi connectivity index (χ1n) is 6.86. The molecule has 1 amide bonds. The summed E-state index contributed by atoms with van der Waals surface area (Å²) in [6.45, 7) is 9.03. The lowest BCUT2D eigenvalue weighted by atomic mass is 10.3. The summed E-state index contributed by atoms with van der Waals surface area (Å²) >= 11 is 0. The van der Waals surface area contributed by atoms with Crippen LogP contribution in [0.2, 0.25) is 0 Å². The van der Waals surface area contributed by atoms with Gasteiger partial charge in [0.15, 0.2) is 0 Å². The fourth-order valence-electron chi connectivity index (χ4n) is 1.51. The van der Waals surface area contributed by atoms with Crippen molar-refractivity contribution in [3.05, 3.63) is 23.1 Å². The van der Waals surface area contributed by atoms with Crippen molar-refractivity contribution in [2.75, 3.05) is 40.3 Å². The molecule has 0 aromatic rings. The number of hydrogen-bond donors (Lipinski definition) is 1. The Morgan fingerprint density at radius 1 is 1.29 bits per heavy atom. The second kappa shape index (κ2) is 9.10. The summed E-state index contributed by atoms with van der Waals surface area (Å²) in [5, 5.41) is 11.3. The minimum absolute atomic E-state index is 0.0582. The molecule has 0 atom stereocenters. The first-order chi connectivity index (χ1) is 9.69.